The van der Waals surface area contributed by atoms with Crippen LogP contribution in [0.2, 0.25) is 0 Å². The zero-order valence-electron chi connectivity index (χ0n) is 13.9. The Kier molecular flexibility index (Phi) is 5.04. The number of thioether (sulfide) groups is 1. The Morgan fingerprint density at radius 1 is 0.960 bits per heavy atom. The molecule has 2 saturated heterocycles. The number of hydrogen-bond donors (Lipinski definition) is 0. The van der Waals surface area contributed by atoms with Gasteiger partial charge in [0.2, 0.25) is 10.0 Å². The average Bonchev–Trinajstić information content (AvgIpc) is 3.35. The number of sulfonamides is 1. The standard InChI is InChI=1S/C17H21N3O2S3/c21-25(22,20-7-1-2-8-20)15-5-3-14(4-6-15)16-13-24-17(18-16)19-9-11-23-12-10-19/h3-6,13H,1-2,7-12H2. The summed E-state index contributed by atoms with van der Waals surface area (Å²) in [7, 11) is -3.34. The quantitative estimate of drug-likeness (QED) is 0.796. The summed E-state index contributed by atoms with van der Waals surface area (Å²) >= 11 is 3.65. The van der Waals surface area contributed by atoms with Gasteiger partial charge in [-0.3, -0.25) is 0 Å². The van der Waals surface area contributed by atoms with Crippen molar-refractivity contribution >= 4 is 38.3 Å². The molecule has 3 heterocycles. The molecule has 1 aromatic heterocycles. The van der Waals surface area contributed by atoms with Gasteiger partial charge >= 0.3 is 0 Å². The topological polar surface area (TPSA) is 53.5 Å². The molecule has 8 heteroatoms. The molecule has 0 atom stereocenters. The average molecular weight is 396 g/mol. The summed E-state index contributed by atoms with van der Waals surface area (Å²) in [5.41, 5.74) is 1.89. The van der Waals surface area contributed by atoms with Gasteiger partial charge in [-0.15, -0.1) is 11.3 Å². The van der Waals surface area contributed by atoms with Crippen LogP contribution in [0.4, 0.5) is 5.13 Å². The van der Waals surface area contributed by atoms with Crippen molar-refractivity contribution < 1.29 is 8.42 Å². The first-order valence-electron chi connectivity index (χ1n) is 8.53. The molecule has 0 bridgehead atoms. The van der Waals surface area contributed by atoms with Gasteiger partial charge in [0, 0.05) is 48.6 Å². The molecule has 0 amide bonds. The molecule has 1 aromatic carbocycles. The molecule has 0 N–H and O–H groups in total. The zero-order chi connectivity index (χ0) is 17.3. The summed E-state index contributed by atoms with van der Waals surface area (Å²) in [6, 6.07) is 7.15. The maximum atomic E-state index is 12.6. The lowest BCUT2D eigenvalue weighted by Crippen LogP contribution is -2.32. The molecule has 0 radical (unpaired) electrons. The first kappa shape index (κ1) is 17.3. The van der Waals surface area contributed by atoms with Crippen LogP contribution in [0.3, 0.4) is 0 Å². The summed E-state index contributed by atoms with van der Waals surface area (Å²) < 4.78 is 26.8. The largest absolute Gasteiger partial charge is 0.346 e. The third kappa shape index (κ3) is 3.58. The Hall–Kier alpha value is -1.09. The number of anilines is 1. The fraction of sp³-hybridized carbons (Fsp3) is 0.471. The van der Waals surface area contributed by atoms with Crippen molar-refractivity contribution in [1.82, 2.24) is 9.29 Å². The predicted molar refractivity (Wildman–Crippen MR) is 105 cm³/mol. The van der Waals surface area contributed by atoms with E-state index < -0.39 is 10.0 Å². The summed E-state index contributed by atoms with van der Waals surface area (Å²) in [5.74, 6) is 2.30. The maximum absolute atomic E-state index is 12.6. The van der Waals surface area contributed by atoms with Gasteiger partial charge in [0.05, 0.1) is 10.6 Å². The van der Waals surface area contributed by atoms with E-state index in [1.807, 2.05) is 23.9 Å². The van der Waals surface area contributed by atoms with E-state index in [1.165, 1.54) is 0 Å². The van der Waals surface area contributed by atoms with Crippen molar-refractivity contribution in [3.05, 3.63) is 29.6 Å². The van der Waals surface area contributed by atoms with Gasteiger partial charge in [-0.05, 0) is 25.0 Å². The van der Waals surface area contributed by atoms with Gasteiger partial charge in [0.1, 0.15) is 0 Å². The van der Waals surface area contributed by atoms with Crippen LogP contribution in [0.5, 0.6) is 0 Å². The predicted octanol–water partition coefficient (Wildman–Crippen LogP) is 3.15. The van der Waals surface area contributed by atoms with Crippen LogP contribution in [0.25, 0.3) is 11.3 Å². The minimum atomic E-state index is -3.34. The monoisotopic (exact) mass is 395 g/mol. The van der Waals surface area contributed by atoms with Crippen LogP contribution in [0.1, 0.15) is 12.8 Å². The van der Waals surface area contributed by atoms with Crippen molar-refractivity contribution in [3.63, 3.8) is 0 Å². The zero-order valence-corrected chi connectivity index (χ0v) is 16.4. The smallest absolute Gasteiger partial charge is 0.243 e. The number of aromatic nitrogens is 1. The molecule has 2 fully saturated rings. The molecule has 5 nitrogen and oxygen atoms in total. The first-order valence-corrected chi connectivity index (χ1v) is 12.0. The lowest BCUT2D eigenvalue weighted by Gasteiger charge is -2.25. The van der Waals surface area contributed by atoms with E-state index in [9.17, 15) is 8.42 Å². The molecule has 0 spiro atoms. The first-order chi connectivity index (χ1) is 12.1. The van der Waals surface area contributed by atoms with Crippen molar-refractivity contribution in [2.75, 3.05) is 42.6 Å². The van der Waals surface area contributed by atoms with Crippen LogP contribution in [-0.2, 0) is 10.0 Å². The highest BCUT2D eigenvalue weighted by atomic mass is 32.2. The minimum Gasteiger partial charge on any atom is -0.346 e. The van der Waals surface area contributed by atoms with Crippen LogP contribution >= 0.6 is 23.1 Å². The Morgan fingerprint density at radius 2 is 1.64 bits per heavy atom. The molecule has 0 unspecified atom stereocenters. The third-order valence-electron chi connectivity index (χ3n) is 4.63. The minimum absolute atomic E-state index is 0.377. The SMILES string of the molecule is O=S(=O)(c1ccc(-c2csc(N3CCSCC3)n2)cc1)N1CCCC1. The van der Waals surface area contributed by atoms with E-state index in [-0.39, 0.29) is 0 Å². The number of thiazole rings is 1. The van der Waals surface area contributed by atoms with E-state index in [0.29, 0.717) is 18.0 Å². The lowest BCUT2D eigenvalue weighted by molar-refractivity contribution is 0.477. The number of nitrogens with zero attached hydrogens (tertiary/aromatic N) is 3. The summed E-state index contributed by atoms with van der Waals surface area (Å²) in [5, 5.41) is 3.12. The molecule has 134 valence electrons. The van der Waals surface area contributed by atoms with Gasteiger partial charge in [-0.2, -0.15) is 16.1 Å². The number of rotatable bonds is 4. The molecular formula is C17H21N3O2S3. The van der Waals surface area contributed by atoms with Gasteiger partial charge in [-0.25, -0.2) is 13.4 Å². The second kappa shape index (κ2) is 7.26. The fourth-order valence-corrected chi connectivity index (χ4v) is 6.48. The lowest BCUT2D eigenvalue weighted by atomic mass is 10.2. The Bertz CT molecular complexity index is 821. The fourth-order valence-electron chi connectivity index (χ4n) is 3.17. The third-order valence-corrected chi connectivity index (χ3v) is 8.38. The second-order valence-corrected chi connectivity index (χ2v) is 10.2. The van der Waals surface area contributed by atoms with Crippen LogP contribution in [0, 0.1) is 0 Å². The van der Waals surface area contributed by atoms with Crippen molar-refractivity contribution in [2.24, 2.45) is 0 Å². The van der Waals surface area contributed by atoms with E-state index in [0.717, 1.165) is 53.8 Å². The molecule has 4 rings (SSSR count). The Labute approximate surface area is 157 Å². The summed E-state index contributed by atoms with van der Waals surface area (Å²) in [4.78, 5) is 7.46. The van der Waals surface area contributed by atoms with Gasteiger partial charge in [-0.1, -0.05) is 12.1 Å². The van der Waals surface area contributed by atoms with E-state index in [4.69, 9.17) is 4.98 Å². The van der Waals surface area contributed by atoms with Gasteiger partial charge in [0.25, 0.3) is 0 Å². The molecule has 0 aliphatic carbocycles. The van der Waals surface area contributed by atoms with E-state index in [1.54, 1.807) is 27.8 Å². The summed E-state index contributed by atoms with van der Waals surface area (Å²) in [6.45, 7) is 3.36. The van der Waals surface area contributed by atoms with Gasteiger partial charge in [0.15, 0.2) is 5.13 Å². The second-order valence-electron chi connectivity index (χ2n) is 6.25. The highest BCUT2D eigenvalue weighted by Crippen LogP contribution is 2.30. The molecule has 2 aliphatic heterocycles. The highest BCUT2D eigenvalue weighted by Gasteiger charge is 2.27. The molecule has 0 saturated carbocycles. The molecular weight excluding hydrogens is 374 g/mol. The van der Waals surface area contributed by atoms with Crippen molar-refractivity contribution in [2.45, 2.75) is 17.7 Å². The Morgan fingerprint density at radius 3 is 2.32 bits per heavy atom. The van der Waals surface area contributed by atoms with E-state index in [2.05, 4.69) is 10.3 Å². The van der Waals surface area contributed by atoms with Crippen molar-refractivity contribution in [1.29, 1.82) is 0 Å². The summed E-state index contributed by atoms with van der Waals surface area (Å²) in [6.07, 6.45) is 1.90. The maximum Gasteiger partial charge on any atom is 0.243 e. The van der Waals surface area contributed by atoms with Crippen LogP contribution < -0.4 is 4.90 Å². The highest BCUT2D eigenvalue weighted by molar-refractivity contribution is 7.99. The van der Waals surface area contributed by atoms with Crippen LogP contribution in [0.15, 0.2) is 34.5 Å². The van der Waals surface area contributed by atoms with Gasteiger partial charge < -0.3 is 4.90 Å². The number of benzene rings is 1. The number of hydrogen-bond acceptors (Lipinski definition) is 6. The van der Waals surface area contributed by atoms with Crippen LogP contribution in [-0.4, -0.2) is 55.4 Å². The normalized spacial score (nSPS) is 19.4. The van der Waals surface area contributed by atoms with Crippen molar-refractivity contribution in [3.8, 4) is 11.3 Å². The van der Waals surface area contributed by atoms with E-state index >= 15 is 0 Å². The molecule has 2 aromatic rings. The Balaban J connectivity index is 1.53. The molecule has 25 heavy (non-hydrogen) atoms. The molecule has 2 aliphatic rings.